The van der Waals surface area contributed by atoms with E-state index in [0.717, 1.165) is 21.9 Å². The van der Waals surface area contributed by atoms with Gasteiger partial charge in [-0.15, -0.1) is 0 Å². The highest BCUT2D eigenvalue weighted by Crippen LogP contribution is 2.32. The number of hydrogen-bond acceptors (Lipinski definition) is 4. The highest BCUT2D eigenvalue weighted by molar-refractivity contribution is 7.87. The van der Waals surface area contributed by atoms with Crippen LogP contribution in [-0.2, 0) is 10.1 Å². The van der Waals surface area contributed by atoms with E-state index in [2.05, 4.69) is 0 Å². The molecular weight excluding hydrogens is 324 g/mol. The molecule has 4 nitrogen and oxygen atoms in total. The Bertz CT molecular complexity index is 1140. The molecule has 5 heteroatoms. The van der Waals surface area contributed by atoms with E-state index in [9.17, 15) is 8.42 Å². The SMILES string of the molecule is Cc1ccc(S(=O)(=O)Oc2ccc3oc4ccccc4c3c2)cc1. The summed E-state index contributed by atoms with van der Waals surface area (Å²) < 4.78 is 35.8. The molecule has 0 atom stereocenters. The molecule has 0 amide bonds. The van der Waals surface area contributed by atoms with Crippen molar-refractivity contribution in [1.82, 2.24) is 0 Å². The van der Waals surface area contributed by atoms with E-state index in [1.54, 1.807) is 30.3 Å². The van der Waals surface area contributed by atoms with Gasteiger partial charge in [-0.2, -0.15) is 8.42 Å². The minimum atomic E-state index is -3.87. The zero-order valence-corrected chi connectivity index (χ0v) is 13.7. The Labute approximate surface area is 139 Å². The van der Waals surface area contributed by atoms with Crippen molar-refractivity contribution < 1.29 is 17.0 Å². The molecule has 4 aromatic rings. The van der Waals surface area contributed by atoms with Crippen molar-refractivity contribution in [3.8, 4) is 5.75 Å². The predicted octanol–water partition coefficient (Wildman–Crippen LogP) is 4.66. The Hall–Kier alpha value is -2.79. The van der Waals surface area contributed by atoms with Gasteiger partial charge in [0.05, 0.1) is 0 Å². The van der Waals surface area contributed by atoms with Gasteiger partial charge in [0.2, 0.25) is 0 Å². The van der Waals surface area contributed by atoms with E-state index in [4.69, 9.17) is 8.60 Å². The second-order valence-corrected chi connectivity index (χ2v) is 7.15. The zero-order chi connectivity index (χ0) is 16.7. The molecule has 0 fully saturated rings. The number of para-hydroxylation sites is 1. The molecule has 0 N–H and O–H groups in total. The van der Waals surface area contributed by atoms with Gasteiger partial charge in [0.15, 0.2) is 0 Å². The van der Waals surface area contributed by atoms with Gasteiger partial charge in [0, 0.05) is 10.8 Å². The molecule has 0 unspecified atom stereocenters. The molecule has 0 bridgehead atoms. The maximum atomic E-state index is 12.4. The maximum absolute atomic E-state index is 12.4. The Morgan fingerprint density at radius 1 is 0.833 bits per heavy atom. The van der Waals surface area contributed by atoms with E-state index in [1.807, 2.05) is 31.2 Å². The molecule has 3 aromatic carbocycles. The third-order valence-electron chi connectivity index (χ3n) is 3.86. The molecule has 0 radical (unpaired) electrons. The number of benzene rings is 3. The molecule has 4 rings (SSSR count). The minimum absolute atomic E-state index is 0.130. The maximum Gasteiger partial charge on any atom is 0.339 e. The second-order valence-electron chi connectivity index (χ2n) is 5.61. The standard InChI is InChI=1S/C19H14O4S/c1-13-6-9-15(10-7-13)24(20,21)23-14-8-11-19-17(12-14)16-4-2-3-5-18(16)22-19/h2-12H,1H3. The molecule has 120 valence electrons. The van der Waals surface area contributed by atoms with Crippen LogP contribution in [0.15, 0.2) is 76.0 Å². The third-order valence-corrected chi connectivity index (χ3v) is 5.13. The Morgan fingerprint density at radius 2 is 1.54 bits per heavy atom. The summed E-state index contributed by atoms with van der Waals surface area (Å²) >= 11 is 0. The highest BCUT2D eigenvalue weighted by atomic mass is 32.2. The largest absolute Gasteiger partial charge is 0.456 e. The molecule has 0 aliphatic heterocycles. The highest BCUT2D eigenvalue weighted by Gasteiger charge is 2.17. The van der Waals surface area contributed by atoms with Crippen molar-refractivity contribution in [2.24, 2.45) is 0 Å². The van der Waals surface area contributed by atoms with Crippen LogP contribution in [0.5, 0.6) is 5.75 Å². The topological polar surface area (TPSA) is 56.5 Å². The van der Waals surface area contributed by atoms with E-state index in [0.29, 0.717) is 5.58 Å². The van der Waals surface area contributed by atoms with E-state index in [1.165, 1.54) is 12.1 Å². The molecular formula is C19H14O4S. The summed E-state index contributed by atoms with van der Waals surface area (Å²) in [6.45, 7) is 1.90. The van der Waals surface area contributed by atoms with Crippen LogP contribution in [0.3, 0.4) is 0 Å². The summed E-state index contributed by atoms with van der Waals surface area (Å²) in [4.78, 5) is 0.130. The summed E-state index contributed by atoms with van der Waals surface area (Å²) in [5.41, 5.74) is 2.43. The quantitative estimate of drug-likeness (QED) is 0.510. The number of hydrogen-bond donors (Lipinski definition) is 0. The number of rotatable bonds is 3. The lowest BCUT2D eigenvalue weighted by Gasteiger charge is -2.07. The van der Waals surface area contributed by atoms with Gasteiger partial charge in [-0.05, 0) is 43.3 Å². The van der Waals surface area contributed by atoms with Crippen LogP contribution in [0.2, 0.25) is 0 Å². The number of aryl methyl sites for hydroxylation is 1. The Kier molecular flexibility index (Phi) is 3.32. The fraction of sp³-hybridized carbons (Fsp3) is 0.0526. The average Bonchev–Trinajstić information content (AvgIpc) is 2.93. The Balaban J connectivity index is 1.76. The summed E-state index contributed by atoms with van der Waals surface area (Å²) in [5, 5.41) is 1.74. The molecule has 24 heavy (non-hydrogen) atoms. The van der Waals surface area contributed by atoms with Crippen molar-refractivity contribution in [1.29, 1.82) is 0 Å². The molecule has 0 aliphatic carbocycles. The lowest BCUT2D eigenvalue weighted by molar-refractivity contribution is 0.486. The third kappa shape index (κ3) is 2.53. The van der Waals surface area contributed by atoms with E-state index in [-0.39, 0.29) is 10.6 Å². The van der Waals surface area contributed by atoms with Crippen molar-refractivity contribution >= 4 is 32.1 Å². The van der Waals surface area contributed by atoms with Crippen molar-refractivity contribution in [3.05, 3.63) is 72.3 Å². The summed E-state index contributed by atoms with van der Waals surface area (Å²) in [5.74, 6) is 0.259. The lowest BCUT2D eigenvalue weighted by Crippen LogP contribution is -2.09. The zero-order valence-electron chi connectivity index (χ0n) is 12.9. The van der Waals surface area contributed by atoms with Crippen LogP contribution in [-0.4, -0.2) is 8.42 Å². The molecule has 0 aliphatic rings. The number of fused-ring (bicyclic) bond motifs is 3. The van der Waals surface area contributed by atoms with Crippen molar-refractivity contribution in [2.45, 2.75) is 11.8 Å². The fourth-order valence-electron chi connectivity index (χ4n) is 2.64. The van der Waals surface area contributed by atoms with Gasteiger partial charge in [-0.1, -0.05) is 35.9 Å². The molecule has 1 heterocycles. The average molecular weight is 338 g/mol. The van der Waals surface area contributed by atoms with Crippen LogP contribution in [0.25, 0.3) is 21.9 Å². The molecule has 0 saturated heterocycles. The Morgan fingerprint density at radius 3 is 2.33 bits per heavy atom. The first-order valence-electron chi connectivity index (χ1n) is 7.45. The second kappa shape index (κ2) is 5.39. The number of furan rings is 1. The normalized spacial score (nSPS) is 11.9. The summed E-state index contributed by atoms with van der Waals surface area (Å²) in [6, 6.07) is 19.2. The van der Waals surface area contributed by atoms with Crippen LogP contribution in [0.1, 0.15) is 5.56 Å². The minimum Gasteiger partial charge on any atom is -0.456 e. The fourth-order valence-corrected chi connectivity index (χ4v) is 3.56. The van der Waals surface area contributed by atoms with Crippen LogP contribution in [0, 0.1) is 6.92 Å². The van der Waals surface area contributed by atoms with Crippen LogP contribution >= 0.6 is 0 Å². The smallest absolute Gasteiger partial charge is 0.339 e. The van der Waals surface area contributed by atoms with Crippen LogP contribution < -0.4 is 4.18 Å². The van der Waals surface area contributed by atoms with Gasteiger partial charge in [0.25, 0.3) is 0 Å². The first kappa shape index (κ1) is 14.8. The van der Waals surface area contributed by atoms with Gasteiger partial charge in [-0.25, -0.2) is 0 Å². The van der Waals surface area contributed by atoms with Gasteiger partial charge in [0.1, 0.15) is 21.8 Å². The van der Waals surface area contributed by atoms with Crippen LogP contribution in [0.4, 0.5) is 0 Å². The monoisotopic (exact) mass is 338 g/mol. The van der Waals surface area contributed by atoms with Gasteiger partial charge >= 0.3 is 10.1 Å². The van der Waals surface area contributed by atoms with E-state index >= 15 is 0 Å². The van der Waals surface area contributed by atoms with Crippen molar-refractivity contribution in [2.75, 3.05) is 0 Å². The summed E-state index contributed by atoms with van der Waals surface area (Å²) in [6.07, 6.45) is 0. The predicted molar refractivity (Wildman–Crippen MR) is 92.7 cm³/mol. The van der Waals surface area contributed by atoms with E-state index < -0.39 is 10.1 Å². The molecule has 1 aromatic heterocycles. The van der Waals surface area contributed by atoms with Gasteiger partial charge < -0.3 is 8.60 Å². The lowest BCUT2D eigenvalue weighted by atomic mass is 10.1. The summed E-state index contributed by atoms with van der Waals surface area (Å²) in [7, 11) is -3.87. The first-order chi connectivity index (χ1) is 11.5. The first-order valence-corrected chi connectivity index (χ1v) is 8.86. The molecule has 0 spiro atoms. The molecule has 0 saturated carbocycles. The van der Waals surface area contributed by atoms with Gasteiger partial charge in [-0.3, -0.25) is 0 Å². The van der Waals surface area contributed by atoms with Crippen molar-refractivity contribution in [3.63, 3.8) is 0 Å².